The van der Waals surface area contributed by atoms with Crippen molar-refractivity contribution >= 4 is 75.5 Å². The summed E-state index contributed by atoms with van der Waals surface area (Å²) in [5.74, 6) is -4.55. The van der Waals surface area contributed by atoms with Crippen LogP contribution in [0.4, 0.5) is 0 Å². The Morgan fingerprint density at radius 3 is 0.574 bits per heavy atom. The molecular formula is C28H48CoO28P4+6. The van der Waals surface area contributed by atoms with E-state index in [0.29, 0.717) is 0 Å². The zero-order valence-corrected chi connectivity index (χ0v) is 35.0. The minimum atomic E-state index is -4.51. The van der Waals surface area contributed by atoms with Crippen LogP contribution < -0.4 is 31.0 Å². The normalized spacial score (nSPS) is 11.1. The van der Waals surface area contributed by atoms with Crippen LogP contribution in [0.2, 0.25) is 0 Å². The van der Waals surface area contributed by atoms with Gasteiger partial charge in [0.1, 0.15) is 0 Å². The van der Waals surface area contributed by atoms with Crippen molar-refractivity contribution in [3.63, 3.8) is 0 Å². The van der Waals surface area contributed by atoms with Gasteiger partial charge in [0.2, 0.25) is 0 Å². The molecular weight excluding hydrogens is 967 g/mol. The molecule has 0 bridgehead atoms. The van der Waals surface area contributed by atoms with Crippen molar-refractivity contribution in [2.24, 2.45) is 0 Å². The average molecular weight is 1020 g/mol. The minimum absolute atomic E-state index is 0. The maximum Gasteiger partial charge on any atom is 2.00 e. The first-order valence-electron chi connectivity index (χ1n) is 13.2. The van der Waals surface area contributed by atoms with Crippen molar-refractivity contribution in [3.05, 3.63) is 119 Å². The molecule has 0 aromatic heterocycles. The van der Waals surface area contributed by atoms with Gasteiger partial charge in [0.25, 0.3) is 0 Å². The molecule has 351 valence electrons. The first kappa shape index (κ1) is 77.2. The van der Waals surface area contributed by atoms with Crippen molar-refractivity contribution < 1.29 is 158 Å². The number of carboxylic acid groups (broad SMARTS) is 4. The van der Waals surface area contributed by atoms with E-state index in [9.17, 15) is 47.2 Å². The average Bonchev–Trinajstić information content (AvgIpc) is 3.04. The van der Waals surface area contributed by atoms with Crippen LogP contribution in [0.15, 0.2) is 97.1 Å². The molecule has 0 spiro atoms. The monoisotopic (exact) mass is 1020 g/mol. The van der Waals surface area contributed by atoms with Gasteiger partial charge in [-0.2, -0.15) is 0 Å². The first-order valence-corrected chi connectivity index (χ1v) is 19.6. The van der Waals surface area contributed by atoms with Gasteiger partial charge in [0, 0.05) is 10.6 Å². The molecule has 1 radical (unpaired) electrons. The number of carboxylic acids is 4. The van der Waals surface area contributed by atoms with Crippen LogP contribution in [-0.2, 0) is 67.9 Å². The zero-order valence-electron chi connectivity index (χ0n) is 30.4. The number of hydrogen-bond donors (Lipinski definition) is 10. The van der Waals surface area contributed by atoms with Crippen molar-refractivity contribution in [3.8, 4) is 0 Å². The second-order valence-corrected chi connectivity index (χ2v) is 15.9. The molecule has 0 amide bonds. The predicted molar refractivity (Wildman–Crippen MR) is 212 cm³/mol. The first-order chi connectivity index (χ1) is 23.6. The second kappa shape index (κ2) is 32.3. The molecule has 61 heavy (non-hydrogen) atoms. The minimum Gasteiger partial charge on any atom is -0.775 e. The predicted octanol–water partition coefficient (Wildman–Crippen LogP) is -7.70. The van der Waals surface area contributed by atoms with Gasteiger partial charge in [0.05, 0.1) is 32.9 Å². The molecule has 0 fully saturated rings. The summed E-state index contributed by atoms with van der Waals surface area (Å²) >= 11 is 0. The van der Waals surface area contributed by atoms with E-state index in [1.54, 1.807) is 0 Å². The maximum atomic E-state index is 10.7. The van der Waals surface area contributed by atoms with E-state index in [2.05, 4.69) is 0 Å². The fourth-order valence-electron chi connectivity index (χ4n) is 3.18. The Morgan fingerprint density at radius 2 is 0.475 bits per heavy atom. The van der Waals surface area contributed by atoms with Gasteiger partial charge in [-0.05, 0) is 97.1 Å². The third kappa shape index (κ3) is 27.9. The second-order valence-electron chi connectivity index (χ2n) is 9.54. The molecule has 0 aliphatic rings. The van der Waals surface area contributed by atoms with E-state index < -0.39 is 54.3 Å². The van der Waals surface area contributed by atoms with Crippen LogP contribution in [0, 0.1) is 0 Å². The molecule has 0 aliphatic heterocycles. The van der Waals surface area contributed by atoms with Crippen molar-refractivity contribution in [1.82, 2.24) is 0 Å². The molecule has 0 saturated heterocycles. The van der Waals surface area contributed by atoms with Crippen molar-refractivity contribution in [1.29, 1.82) is 0 Å². The summed E-state index contributed by atoms with van der Waals surface area (Å²) in [6, 6.07) is 17.6. The summed E-state index contributed by atoms with van der Waals surface area (Å²) < 4.78 is 42.4. The maximum absolute atomic E-state index is 10.7. The van der Waals surface area contributed by atoms with Crippen LogP contribution in [0.1, 0.15) is 41.4 Å². The molecule has 0 heterocycles. The van der Waals surface area contributed by atoms with Crippen LogP contribution >= 0.6 is 30.4 Å². The molecule has 4 rings (SSSR count). The SMILES string of the molecule is O.O.O=C(O)c1ccc(P(=O)(O)O)cc1.O=C(O)c1ccc(P(=O)(O)O)cc1.O=C(O)c1ccc(P(=O)([O-])O)cc1.O=C(O)c1ccc(P(=O)([O-])O)cc1.[Co+2].[OH3+].[OH3+].[OH3+].[OH3+].[OH3+].[OH3+]. The standard InChI is InChI=1S/4C7H7O5P.Co.8H2O/c4*8-7(9)5-1-3-6(4-2-5)13(10,11)12;;;;;;;;;/h4*1-4H,(H,8,9)(H2,10,11,12);;8*1H2/q;;;;+2;;;;;;;;/p+4. The summed E-state index contributed by atoms with van der Waals surface area (Å²) in [6.45, 7) is 0. The van der Waals surface area contributed by atoms with E-state index in [1.807, 2.05) is 0 Å². The quantitative estimate of drug-likeness (QED) is 0.0579. The summed E-state index contributed by atoms with van der Waals surface area (Å²) in [5, 5.41) is 33.0. The number of benzene rings is 4. The van der Waals surface area contributed by atoms with Crippen molar-refractivity contribution in [2.45, 2.75) is 0 Å². The van der Waals surface area contributed by atoms with Crippen LogP contribution in [0.25, 0.3) is 0 Å². The molecule has 2 unspecified atom stereocenters. The number of rotatable bonds is 8. The van der Waals surface area contributed by atoms with E-state index >= 15 is 0 Å². The van der Waals surface area contributed by atoms with E-state index in [4.69, 9.17) is 49.8 Å². The Morgan fingerprint density at radius 1 is 0.344 bits per heavy atom. The molecule has 28 nitrogen and oxygen atoms in total. The Hall–Kier alpha value is -4.45. The van der Waals surface area contributed by atoms with Gasteiger partial charge in [-0.15, -0.1) is 0 Å². The van der Waals surface area contributed by atoms with Gasteiger partial charge in [-0.1, -0.05) is 0 Å². The summed E-state index contributed by atoms with van der Waals surface area (Å²) in [5.41, 5.74) is -0.0659. The third-order valence-corrected chi connectivity index (χ3v) is 9.63. The number of aromatic carboxylic acids is 4. The van der Waals surface area contributed by atoms with Gasteiger partial charge in [-0.3, -0.25) is 9.13 Å². The summed E-state index contributed by atoms with van der Waals surface area (Å²) in [7, 11) is -17.5. The van der Waals surface area contributed by atoms with Crippen LogP contribution in [-0.4, -0.2) is 84.6 Å². The van der Waals surface area contributed by atoms with Crippen molar-refractivity contribution in [2.75, 3.05) is 0 Å². The van der Waals surface area contributed by atoms with Crippen LogP contribution in [0.5, 0.6) is 0 Å². The molecule has 33 heteroatoms. The van der Waals surface area contributed by atoms with Gasteiger partial charge >= 0.3 is 55.8 Å². The molecule has 0 saturated carbocycles. The largest absolute Gasteiger partial charge is 2.00 e. The molecule has 2 atom stereocenters. The molecule has 32 N–H and O–H groups in total. The third-order valence-electron chi connectivity index (χ3n) is 5.78. The molecule has 4 aromatic rings. The summed E-state index contributed by atoms with van der Waals surface area (Å²) in [4.78, 5) is 114. The fraction of sp³-hybridized carbons (Fsp3) is 0. The molecule has 0 aliphatic carbocycles. The fourth-order valence-corrected chi connectivity index (χ4v) is 5.31. The van der Waals surface area contributed by atoms with Gasteiger partial charge < -0.3 is 113 Å². The topological polar surface area (TPSA) is 646 Å². The Balaban J connectivity index is -0.0000000805. The Bertz CT molecular complexity index is 1770. The van der Waals surface area contributed by atoms with E-state index in [0.717, 1.165) is 97.1 Å². The van der Waals surface area contributed by atoms with E-state index in [1.165, 1.54) is 0 Å². The van der Waals surface area contributed by atoms with E-state index in [-0.39, 0.29) is 104 Å². The summed E-state index contributed by atoms with van der Waals surface area (Å²) in [6.07, 6.45) is 0. The number of carbonyl (C=O) groups is 4. The van der Waals surface area contributed by atoms with Crippen LogP contribution in [0.3, 0.4) is 0 Å². The smallest absolute Gasteiger partial charge is 0.775 e. The Labute approximate surface area is 351 Å². The Kier molecular flexibility index (Phi) is 40.8. The number of hydrogen-bond acceptors (Lipinski definition) is 10. The molecule has 4 aromatic carbocycles. The van der Waals surface area contributed by atoms with Gasteiger partial charge in [-0.25, -0.2) is 19.2 Å². The zero-order chi connectivity index (χ0) is 40.2. The van der Waals surface area contributed by atoms with Gasteiger partial charge in [0.15, 0.2) is 15.2 Å².